The summed E-state index contributed by atoms with van der Waals surface area (Å²) < 4.78 is 5.60. The fraction of sp³-hybridized carbons (Fsp3) is 0.650. The van der Waals surface area contributed by atoms with Crippen molar-refractivity contribution < 1.29 is 30.0 Å². The minimum atomic E-state index is -0.798. The topological polar surface area (TPSA) is 107 Å². The summed E-state index contributed by atoms with van der Waals surface area (Å²) >= 11 is 1.68. The maximum absolute atomic E-state index is 10.5. The van der Waals surface area contributed by atoms with Crippen molar-refractivity contribution in [1.82, 2.24) is 0 Å². The Kier molecular flexibility index (Phi) is 9.58. The van der Waals surface area contributed by atoms with E-state index in [9.17, 15) is 20.1 Å². The number of hydrogen-bond donors (Lipinski definition) is 4. The van der Waals surface area contributed by atoms with Crippen LogP contribution in [-0.2, 0) is 9.53 Å². The van der Waals surface area contributed by atoms with Crippen molar-refractivity contribution in [3.8, 4) is 0 Å². The van der Waals surface area contributed by atoms with Gasteiger partial charge < -0.3 is 25.2 Å². The fourth-order valence-electron chi connectivity index (χ4n) is 3.44. The molecule has 1 aliphatic carbocycles. The van der Waals surface area contributed by atoms with Gasteiger partial charge in [0.15, 0.2) is 0 Å². The molecule has 27 heavy (non-hydrogen) atoms. The Morgan fingerprint density at radius 2 is 2.11 bits per heavy atom. The van der Waals surface area contributed by atoms with Crippen LogP contribution in [0.3, 0.4) is 0 Å². The fourth-order valence-corrected chi connectivity index (χ4v) is 4.23. The van der Waals surface area contributed by atoms with E-state index >= 15 is 0 Å². The Labute approximate surface area is 164 Å². The highest BCUT2D eigenvalue weighted by Crippen LogP contribution is 2.36. The van der Waals surface area contributed by atoms with Gasteiger partial charge in [0.1, 0.15) is 0 Å². The average Bonchev–Trinajstić information content (AvgIpc) is 3.22. The Hall–Kier alpha value is -1.12. The summed E-state index contributed by atoms with van der Waals surface area (Å²) in [6.07, 6.45) is 9.68. The normalized spacial score (nSPS) is 32.0. The SMILES string of the molecule is O=C(O)CCC/C=C\C[C@@H]1[C@@H](/C=C/[C@H](O)CO[C@H]2C=CSC2)[C@H](O)C[C@@H]1O. The second kappa shape index (κ2) is 11.7. The highest BCUT2D eigenvalue weighted by atomic mass is 32.2. The van der Waals surface area contributed by atoms with Crippen LogP contribution in [0, 0.1) is 11.8 Å². The molecular formula is C20H30O6S. The largest absolute Gasteiger partial charge is 0.481 e. The lowest BCUT2D eigenvalue weighted by atomic mass is 9.89. The first-order valence-electron chi connectivity index (χ1n) is 9.46. The Morgan fingerprint density at radius 3 is 2.81 bits per heavy atom. The summed E-state index contributed by atoms with van der Waals surface area (Å²) in [5.74, 6) is -0.270. The molecule has 1 fully saturated rings. The number of hydrogen-bond acceptors (Lipinski definition) is 6. The van der Waals surface area contributed by atoms with Gasteiger partial charge >= 0.3 is 5.97 Å². The minimum absolute atomic E-state index is 0.0379. The number of carbonyl (C=O) groups is 1. The molecule has 0 saturated heterocycles. The second-order valence-corrected chi connectivity index (χ2v) is 8.03. The van der Waals surface area contributed by atoms with Crippen molar-refractivity contribution in [1.29, 1.82) is 0 Å². The van der Waals surface area contributed by atoms with E-state index in [4.69, 9.17) is 9.84 Å². The Morgan fingerprint density at radius 1 is 1.30 bits per heavy atom. The number of aliphatic hydroxyl groups excluding tert-OH is 3. The quantitative estimate of drug-likeness (QED) is 0.312. The molecule has 1 saturated carbocycles. The molecule has 0 aromatic heterocycles. The lowest BCUT2D eigenvalue weighted by Crippen LogP contribution is -2.22. The predicted octanol–water partition coefficient (Wildman–Crippen LogP) is 2.11. The van der Waals surface area contributed by atoms with Gasteiger partial charge in [-0.3, -0.25) is 4.79 Å². The van der Waals surface area contributed by atoms with Crippen LogP contribution in [0.2, 0.25) is 0 Å². The van der Waals surface area contributed by atoms with E-state index in [1.54, 1.807) is 23.9 Å². The Balaban J connectivity index is 1.78. The second-order valence-electron chi connectivity index (χ2n) is 7.09. The molecule has 0 aromatic rings. The van der Waals surface area contributed by atoms with Gasteiger partial charge in [-0.1, -0.05) is 24.3 Å². The third-order valence-corrected chi connectivity index (χ3v) is 5.81. The summed E-state index contributed by atoms with van der Waals surface area (Å²) in [5.41, 5.74) is 0. The number of rotatable bonds is 11. The van der Waals surface area contributed by atoms with Crippen molar-refractivity contribution in [2.45, 2.75) is 56.5 Å². The van der Waals surface area contributed by atoms with E-state index in [1.165, 1.54) is 0 Å². The van der Waals surface area contributed by atoms with Crippen molar-refractivity contribution in [3.63, 3.8) is 0 Å². The first-order chi connectivity index (χ1) is 13.0. The van der Waals surface area contributed by atoms with Gasteiger partial charge in [0.25, 0.3) is 0 Å². The first-order valence-corrected chi connectivity index (χ1v) is 10.5. The van der Waals surface area contributed by atoms with Crippen LogP contribution in [-0.4, -0.2) is 63.2 Å². The minimum Gasteiger partial charge on any atom is -0.481 e. The van der Waals surface area contributed by atoms with Crippen LogP contribution in [0.25, 0.3) is 0 Å². The number of aliphatic hydroxyl groups is 3. The molecule has 0 radical (unpaired) electrons. The predicted molar refractivity (Wildman–Crippen MR) is 105 cm³/mol. The molecule has 6 nitrogen and oxygen atoms in total. The third-order valence-electron chi connectivity index (χ3n) is 4.94. The number of carboxylic acids is 1. The highest BCUT2D eigenvalue weighted by Gasteiger charge is 2.39. The number of allylic oxidation sites excluding steroid dienone is 2. The molecule has 1 aliphatic heterocycles. The molecule has 0 spiro atoms. The van der Waals surface area contributed by atoms with E-state index in [0.29, 0.717) is 25.7 Å². The summed E-state index contributed by atoms with van der Waals surface area (Å²) in [6, 6.07) is 0. The van der Waals surface area contributed by atoms with Gasteiger partial charge in [0.05, 0.1) is 31.0 Å². The zero-order valence-corrected chi connectivity index (χ0v) is 16.2. The van der Waals surface area contributed by atoms with Crippen molar-refractivity contribution in [3.05, 3.63) is 35.8 Å². The monoisotopic (exact) mass is 398 g/mol. The standard InChI is InChI=1S/C20H30O6S/c21-14(12-26-15-9-10-27-13-15)7-8-17-16(18(22)11-19(17)23)5-3-1-2-4-6-20(24)25/h1,3,7-10,14-19,21-23H,2,4-6,11-13H2,(H,24,25)/b3-1-,8-7+/t14-,15-,16+,17+,18-,19+/m0/s1. The lowest BCUT2D eigenvalue weighted by Gasteiger charge is -2.20. The molecule has 152 valence electrons. The molecule has 6 atom stereocenters. The van der Waals surface area contributed by atoms with Crippen LogP contribution in [0.5, 0.6) is 0 Å². The van der Waals surface area contributed by atoms with Crippen molar-refractivity contribution >= 4 is 17.7 Å². The summed E-state index contributed by atoms with van der Waals surface area (Å²) in [6.45, 7) is 0.200. The zero-order valence-electron chi connectivity index (χ0n) is 15.4. The molecule has 0 unspecified atom stereocenters. The smallest absolute Gasteiger partial charge is 0.303 e. The van der Waals surface area contributed by atoms with Gasteiger partial charge in [0.2, 0.25) is 0 Å². The van der Waals surface area contributed by atoms with Gasteiger partial charge in [-0.15, -0.1) is 11.8 Å². The molecule has 0 aromatic carbocycles. The molecule has 2 rings (SSSR count). The van der Waals surface area contributed by atoms with Crippen molar-refractivity contribution in [2.24, 2.45) is 11.8 Å². The lowest BCUT2D eigenvalue weighted by molar-refractivity contribution is -0.137. The van der Waals surface area contributed by atoms with E-state index in [2.05, 4.69) is 0 Å². The maximum Gasteiger partial charge on any atom is 0.303 e. The molecule has 2 aliphatic rings. The average molecular weight is 399 g/mol. The third kappa shape index (κ3) is 7.79. The number of unbranched alkanes of at least 4 members (excludes halogenated alkanes) is 1. The summed E-state index contributed by atoms with van der Waals surface area (Å²) in [5, 5.41) is 41.1. The van der Waals surface area contributed by atoms with Gasteiger partial charge in [-0.2, -0.15) is 0 Å². The van der Waals surface area contributed by atoms with E-state index in [1.807, 2.05) is 23.6 Å². The number of thioether (sulfide) groups is 1. The van der Waals surface area contributed by atoms with Crippen LogP contribution in [0.15, 0.2) is 35.8 Å². The van der Waals surface area contributed by atoms with Gasteiger partial charge in [0, 0.05) is 24.5 Å². The first kappa shape index (κ1) is 22.2. The molecule has 4 N–H and O–H groups in total. The van der Waals surface area contributed by atoms with E-state index < -0.39 is 24.3 Å². The van der Waals surface area contributed by atoms with Crippen LogP contribution >= 0.6 is 11.8 Å². The molecule has 0 bridgehead atoms. The summed E-state index contributed by atoms with van der Waals surface area (Å²) in [7, 11) is 0. The molecule has 1 heterocycles. The number of carboxylic acid groups (broad SMARTS) is 1. The van der Waals surface area contributed by atoms with Crippen LogP contribution in [0.4, 0.5) is 0 Å². The van der Waals surface area contributed by atoms with E-state index in [-0.39, 0.29) is 31.0 Å². The number of ether oxygens (including phenoxy) is 1. The van der Waals surface area contributed by atoms with Gasteiger partial charge in [-0.25, -0.2) is 0 Å². The molecule has 0 amide bonds. The van der Waals surface area contributed by atoms with Gasteiger partial charge in [-0.05, 0) is 36.7 Å². The highest BCUT2D eigenvalue weighted by molar-refractivity contribution is 8.02. The summed E-state index contributed by atoms with van der Waals surface area (Å²) in [4.78, 5) is 10.5. The van der Waals surface area contributed by atoms with Crippen LogP contribution in [0.1, 0.15) is 32.1 Å². The van der Waals surface area contributed by atoms with Crippen molar-refractivity contribution in [2.75, 3.05) is 12.4 Å². The number of aliphatic carboxylic acids is 1. The molecule has 7 heteroatoms. The van der Waals surface area contributed by atoms with Crippen LogP contribution < -0.4 is 0 Å². The molecular weight excluding hydrogens is 368 g/mol. The van der Waals surface area contributed by atoms with E-state index in [0.717, 1.165) is 5.75 Å². The maximum atomic E-state index is 10.5. The Bertz CT molecular complexity index is 547. The zero-order chi connectivity index (χ0) is 19.6.